The first-order chi connectivity index (χ1) is 16.7. The lowest BCUT2D eigenvalue weighted by atomic mass is 10.0. The molecule has 0 radical (unpaired) electrons. The molecule has 1 N–H and O–H groups in total. The lowest BCUT2D eigenvalue weighted by molar-refractivity contribution is -0.144. The van der Waals surface area contributed by atoms with E-state index in [1.807, 2.05) is 27.7 Å². The number of tetrazole rings is 1. The van der Waals surface area contributed by atoms with Gasteiger partial charge in [-0.05, 0) is 75.6 Å². The van der Waals surface area contributed by atoms with E-state index >= 15 is 0 Å². The van der Waals surface area contributed by atoms with Crippen LogP contribution in [0.15, 0.2) is 41.1 Å². The summed E-state index contributed by atoms with van der Waals surface area (Å²) in [4.78, 5) is 34.0. The Balaban J connectivity index is 1.62. The zero-order chi connectivity index (χ0) is 25.0. The third-order valence-electron chi connectivity index (χ3n) is 5.52. The maximum absolute atomic E-state index is 13.7. The molecule has 0 bridgehead atoms. The SMILES string of the molecule is Cc1ccc(-c2nnn(CC(=O)N(C[C@H]3CCCO3)[C@@H](C(=O)NC(C)(C)C)c3ccncc3)n2)o1. The first-order valence-corrected chi connectivity index (χ1v) is 11.7. The van der Waals surface area contributed by atoms with Crippen LogP contribution in [-0.2, 0) is 20.9 Å². The van der Waals surface area contributed by atoms with Crippen LogP contribution in [0, 0.1) is 6.92 Å². The predicted molar refractivity (Wildman–Crippen MR) is 126 cm³/mol. The van der Waals surface area contributed by atoms with Gasteiger partial charge in [0.05, 0.1) is 6.10 Å². The Labute approximate surface area is 203 Å². The largest absolute Gasteiger partial charge is 0.458 e. The second-order valence-electron chi connectivity index (χ2n) is 9.66. The number of rotatable bonds is 8. The van der Waals surface area contributed by atoms with Crippen molar-refractivity contribution < 1.29 is 18.7 Å². The summed E-state index contributed by atoms with van der Waals surface area (Å²) in [6.45, 7) is 8.24. The molecule has 0 spiro atoms. The molecule has 11 nitrogen and oxygen atoms in total. The summed E-state index contributed by atoms with van der Waals surface area (Å²) in [5, 5.41) is 15.3. The van der Waals surface area contributed by atoms with Crippen molar-refractivity contribution in [2.24, 2.45) is 0 Å². The highest BCUT2D eigenvalue weighted by Crippen LogP contribution is 2.25. The topological polar surface area (TPSA) is 128 Å². The molecule has 4 rings (SSSR count). The average Bonchev–Trinajstić information content (AvgIpc) is 3.55. The minimum atomic E-state index is -0.871. The smallest absolute Gasteiger partial charge is 0.247 e. The molecule has 1 saturated heterocycles. The molecule has 4 heterocycles. The number of aromatic nitrogens is 5. The minimum absolute atomic E-state index is 0.156. The number of ether oxygens (including phenoxy) is 1. The van der Waals surface area contributed by atoms with Crippen LogP contribution in [0.2, 0.25) is 0 Å². The van der Waals surface area contributed by atoms with Gasteiger partial charge in [0.1, 0.15) is 18.3 Å². The van der Waals surface area contributed by atoms with Gasteiger partial charge >= 0.3 is 0 Å². The van der Waals surface area contributed by atoms with Crippen LogP contribution in [0.1, 0.15) is 51.0 Å². The third-order valence-corrected chi connectivity index (χ3v) is 5.52. The fraction of sp³-hybridized carbons (Fsp3) is 0.500. The number of nitrogens with one attached hydrogen (secondary N) is 1. The molecule has 0 saturated carbocycles. The molecule has 3 aromatic heterocycles. The van der Waals surface area contributed by atoms with E-state index in [1.165, 1.54) is 4.80 Å². The van der Waals surface area contributed by atoms with E-state index in [2.05, 4.69) is 25.7 Å². The number of carbonyl (C=O) groups is 2. The number of nitrogens with zero attached hydrogens (tertiary/aromatic N) is 6. The van der Waals surface area contributed by atoms with Gasteiger partial charge in [0.25, 0.3) is 0 Å². The number of amides is 2. The van der Waals surface area contributed by atoms with E-state index in [9.17, 15) is 9.59 Å². The number of furan rings is 1. The zero-order valence-corrected chi connectivity index (χ0v) is 20.5. The van der Waals surface area contributed by atoms with Crippen molar-refractivity contribution in [1.29, 1.82) is 0 Å². The van der Waals surface area contributed by atoms with Gasteiger partial charge in [0.15, 0.2) is 5.76 Å². The minimum Gasteiger partial charge on any atom is -0.458 e. The molecule has 35 heavy (non-hydrogen) atoms. The molecule has 2 atom stereocenters. The van der Waals surface area contributed by atoms with Gasteiger partial charge in [-0.25, -0.2) is 0 Å². The van der Waals surface area contributed by atoms with Gasteiger partial charge in [-0.3, -0.25) is 14.6 Å². The van der Waals surface area contributed by atoms with Gasteiger partial charge in [-0.2, -0.15) is 4.80 Å². The summed E-state index contributed by atoms with van der Waals surface area (Å²) >= 11 is 0. The summed E-state index contributed by atoms with van der Waals surface area (Å²) in [5.74, 6) is 0.865. The maximum atomic E-state index is 13.7. The lowest BCUT2D eigenvalue weighted by Gasteiger charge is -2.34. The fourth-order valence-corrected chi connectivity index (χ4v) is 3.99. The van der Waals surface area contributed by atoms with Crippen molar-refractivity contribution >= 4 is 11.8 Å². The monoisotopic (exact) mass is 481 g/mol. The molecule has 0 aromatic carbocycles. The molecule has 186 valence electrons. The Hall–Kier alpha value is -3.60. The Morgan fingerprint density at radius 3 is 2.63 bits per heavy atom. The van der Waals surface area contributed by atoms with E-state index in [1.54, 1.807) is 41.6 Å². The number of pyridine rings is 1. The highest BCUT2D eigenvalue weighted by atomic mass is 16.5. The number of aryl methyl sites for hydroxylation is 1. The average molecular weight is 482 g/mol. The van der Waals surface area contributed by atoms with Crippen LogP contribution >= 0.6 is 0 Å². The molecule has 1 aliphatic rings. The molecular formula is C24H31N7O4. The van der Waals surface area contributed by atoms with Gasteiger partial charge in [0, 0.05) is 31.1 Å². The third kappa shape index (κ3) is 6.30. The van der Waals surface area contributed by atoms with Crippen LogP contribution in [-0.4, -0.2) is 66.7 Å². The molecule has 0 aliphatic carbocycles. The van der Waals surface area contributed by atoms with E-state index in [-0.39, 0.29) is 36.8 Å². The second-order valence-corrected chi connectivity index (χ2v) is 9.66. The Bertz CT molecular complexity index is 1150. The van der Waals surface area contributed by atoms with E-state index in [0.29, 0.717) is 17.9 Å². The quantitative estimate of drug-likeness (QED) is 0.519. The Morgan fingerprint density at radius 1 is 1.23 bits per heavy atom. The summed E-state index contributed by atoms with van der Waals surface area (Å²) in [7, 11) is 0. The zero-order valence-electron chi connectivity index (χ0n) is 20.5. The number of hydrogen-bond donors (Lipinski definition) is 1. The summed E-state index contributed by atoms with van der Waals surface area (Å²) in [6, 6.07) is 6.17. The van der Waals surface area contributed by atoms with Crippen LogP contribution < -0.4 is 5.32 Å². The van der Waals surface area contributed by atoms with E-state index < -0.39 is 11.6 Å². The van der Waals surface area contributed by atoms with Gasteiger partial charge in [-0.15, -0.1) is 10.2 Å². The van der Waals surface area contributed by atoms with Crippen LogP contribution in [0.3, 0.4) is 0 Å². The highest BCUT2D eigenvalue weighted by Gasteiger charge is 2.35. The fourth-order valence-electron chi connectivity index (χ4n) is 3.99. The molecule has 2 amide bonds. The van der Waals surface area contributed by atoms with Gasteiger partial charge in [0.2, 0.25) is 17.6 Å². The van der Waals surface area contributed by atoms with Gasteiger partial charge in [-0.1, -0.05) is 0 Å². The van der Waals surface area contributed by atoms with Crippen molar-refractivity contribution in [3.05, 3.63) is 48.0 Å². The van der Waals surface area contributed by atoms with E-state index in [4.69, 9.17) is 9.15 Å². The van der Waals surface area contributed by atoms with Crippen molar-refractivity contribution in [1.82, 2.24) is 35.4 Å². The first kappa shape index (κ1) is 24.5. The molecule has 3 aromatic rings. The normalized spacial score (nSPS) is 16.7. The van der Waals surface area contributed by atoms with Crippen LogP contribution in [0.5, 0.6) is 0 Å². The molecule has 1 aliphatic heterocycles. The van der Waals surface area contributed by atoms with Gasteiger partial charge < -0.3 is 19.4 Å². The number of carbonyl (C=O) groups excluding carboxylic acids is 2. The number of hydrogen-bond acceptors (Lipinski definition) is 8. The summed E-state index contributed by atoms with van der Waals surface area (Å²) in [5.41, 5.74) is 0.177. The lowest BCUT2D eigenvalue weighted by Crippen LogP contribution is -2.51. The van der Waals surface area contributed by atoms with Crippen LogP contribution in [0.25, 0.3) is 11.6 Å². The van der Waals surface area contributed by atoms with Crippen molar-refractivity contribution in [3.63, 3.8) is 0 Å². The standard InChI is InChI=1S/C24H31N7O4/c1-16-7-8-19(35-16)22-27-29-31(28-22)15-20(32)30(14-18-6-5-13-34-18)21(17-9-11-25-12-10-17)23(33)26-24(2,3)4/h7-12,18,21H,5-6,13-15H2,1-4H3,(H,26,33)/t18-,21-/m1/s1. The predicted octanol–water partition coefficient (Wildman–Crippen LogP) is 2.30. The van der Waals surface area contributed by atoms with Crippen molar-refractivity contribution in [3.8, 4) is 11.6 Å². The maximum Gasteiger partial charge on any atom is 0.247 e. The Morgan fingerprint density at radius 2 is 2.00 bits per heavy atom. The first-order valence-electron chi connectivity index (χ1n) is 11.7. The van der Waals surface area contributed by atoms with Crippen molar-refractivity contribution in [2.75, 3.05) is 13.2 Å². The highest BCUT2D eigenvalue weighted by molar-refractivity contribution is 5.89. The van der Waals surface area contributed by atoms with E-state index in [0.717, 1.165) is 18.6 Å². The summed E-state index contributed by atoms with van der Waals surface area (Å²) < 4.78 is 11.4. The molecular weight excluding hydrogens is 450 g/mol. The van der Waals surface area contributed by atoms with Crippen LogP contribution in [0.4, 0.5) is 0 Å². The summed E-state index contributed by atoms with van der Waals surface area (Å²) in [6.07, 6.45) is 4.79. The molecule has 1 fully saturated rings. The Kier molecular flexibility index (Phi) is 7.25. The molecule has 11 heteroatoms. The van der Waals surface area contributed by atoms with Crippen molar-refractivity contribution in [2.45, 2.75) is 64.8 Å². The second kappa shape index (κ2) is 10.3. The molecule has 0 unspecified atom stereocenters.